The Bertz CT molecular complexity index is 577. The molecule has 0 aliphatic heterocycles. The van der Waals surface area contributed by atoms with Crippen LogP contribution in [0.1, 0.15) is 16.7 Å². The van der Waals surface area contributed by atoms with Gasteiger partial charge in [0, 0.05) is 5.56 Å². The van der Waals surface area contributed by atoms with E-state index in [-0.39, 0.29) is 0 Å². The summed E-state index contributed by atoms with van der Waals surface area (Å²) in [6.45, 7) is 2.08. The van der Waals surface area contributed by atoms with Gasteiger partial charge in [0.15, 0.2) is 0 Å². The van der Waals surface area contributed by atoms with Crippen molar-refractivity contribution in [2.24, 2.45) is 0 Å². The fraction of sp³-hybridized carbons (Fsp3) is 0.158. The zero-order valence-electron chi connectivity index (χ0n) is 12.0. The lowest BCUT2D eigenvalue weighted by atomic mass is 10.1. The minimum atomic E-state index is 0.884. The number of ether oxygens (including phenoxy) is 1. The second-order valence-corrected chi connectivity index (χ2v) is 4.72. The molecule has 0 saturated heterocycles. The molecule has 0 aliphatic carbocycles. The van der Waals surface area contributed by atoms with E-state index in [0.717, 1.165) is 17.7 Å². The lowest BCUT2D eigenvalue weighted by molar-refractivity contribution is 0.370. The summed E-state index contributed by atoms with van der Waals surface area (Å²) in [7, 11) is 1.71. The normalized spacial score (nSPS) is 11.8. The van der Waals surface area contributed by atoms with E-state index in [1.807, 2.05) is 18.2 Å². The monoisotopic (exact) mass is 264 g/mol. The van der Waals surface area contributed by atoms with Gasteiger partial charge in [-0.3, -0.25) is 0 Å². The predicted molar refractivity (Wildman–Crippen MR) is 85.5 cm³/mol. The van der Waals surface area contributed by atoms with Crippen LogP contribution in [-0.4, -0.2) is 7.11 Å². The SMILES string of the molecule is CO/C(=C\C=C\Cc1ccccc1)c1ccc(C)cc1. The second-order valence-electron chi connectivity index (χ2n) is 4.72. The van der Waals surface area contributed by atoms with Crippen LogP contribution in [0.15, 0.2) is 72.8 Å². The number of allylic oxidation sites excluding steroid dienone is 3. The third kappa shape index (κ3) is 4.13. The van der Waals surface area contributed by atoms with Crippen LogP contribution in [0, 0.1) is 6.92 Å². The number of rotatable bonds is 5. The van der Waals surface area contributed by atoms with Gasteiger partial charge in [-0.1, -0.05) is 72.3 Å². The standard InChI is InChI=1S/C19H20O/c1-16-12-14-18(15-13-16)19(20-2)11-7-6-10-17-8-4-3-5-9-17/h3-9,11-15H,10H2,1-2H3/b7-6+,19-11-. The van der Waals surface area contributed by atoms with Crippen LogP contribution in [0.25, 0.3) is 5.76 Å². The van der Waals surface area contributed by atoms with E-state index in [1.54, 1.807) is 7.11 Å². The molecule has 0 spiro atoms. The third-order valence-electron chi connectivity index (χ3n) is 3.14. The number of methoxy groups -OCH3 is 1. The maximum absolute atomic E-state index is 5.44. The van der Waals surface area contributed by atoms with Crippen molar-refractivity contribution in [3.63, 3.8) is 0 Å². The molecule has 0 amide bonds. The highest BCUT2D eigenvalue weighted by molar-refractivity contribution is 5.61. The number of hydrogen-bond donors (Lipinski definition) is 0. The summed E-state index contributed by atoms with van der Waals surface area (Å²) >= 11 is 0. The zero-order valence-corrected chi connectivity index (χ0v) is 12.0. The smallest absolute Gasteiger partial charge is 0.126 e. The molecule has 1 heteroatoms. The van der Waals surface area contributed by atoms with Crippen molar-refractivity contribution in [1.29, 1.82) is 0 Å². The van der Waals surface area contributed by atoms with E-state index < -0.39 is 0 Å². The van der Waals surface area contributed by atoms with Crippen LogP contribution in [0.4, 0.5) is 0 Å². The highest BCUT2D eigenvalue weighted by atomic mass is 16.5. The Balaban J connectivity index is 2.02. The lowest BCUT2D eigenvalue weighted by Crippen LogP contribution is -1.87. The van der Waals surface area contributed by atoms with Gasteiger partial charge in [-0.05, 0) is 25.0 Å². The Morgan fingerprint density at radius 1 is 1.00 bits per heavy atom. The van der Waals surface area contributed by atoms with Gasteiger partial charge in [0.2, 0.25) is 0 Å². The minimum absolute atomic E-state index is 0.884. The van der Waals surface area contributed by atoms with E-state index in [4.69, 9.17) is 4.74 Å². The molecule has 0 radical (unpaired) electrons. The zero-order chi connectivity index (χ0) is 14.2. The fourth-order valence-corrected chi connectivity index (χ4v) is 1.97. The van der Waals surface area contributed by atoms with Gasteiger partial charge >= 0.3 is 0 Å². The van der Waals surface area contributed by atoms with Gasteiger partial charge in [0.25, 0.3) is 0 Å². The first kappa shape index (κ1) is 14.1. The summed E-state index contributed by atoms with van der Waals surface area (Å²) in [6, 6.07) is 18.8. The molecule has 0 N–H and O–H groups in total. The maximum atomic E-state index is 5.44. The lowest BCUT2D eigenvalue weighted by Gasteiger charge is -2.05. The van der Waals surface area contributed by atoms with Gasteiger partial charge in [-0.15, -0.1) is 0 Å². The van der Waals surface area contributed by atoms with Gasteiger partial charge in [-0.25, -0.2) is 0 Å². The molecule has 20 heavy (non-hydrogen) atoms. The van der Waals surface area contributed by atoms with Crippen molar-refractivity contribution in [2.75, 3.05) is 7.11 Å². The second kappa shape index (κ2) is 7.34. The predicted octanol–water partition coefficient (Wildman–Crippen LogP) is 4.78. The molecule has 0 heterocycles. The molecular formula is C19H20O. The Morgan fingerprint density at radius 2 is 1.70 bits per heavy atom. The molecule has 0 aromatic heterocycles. The molecule has 2 aromatic rings. The van der Waals surface area contributed by atoms with E-state index in [1.165, 1.54) is 11.1 Å². The molecule has 102 valence electrons. The van der Waals surface area contributed by atoms with Crippen molar-refractivity contribution in [1.82, 2.24) is 0 Å². The highest BCUT2D eigenvalue weighted by Gasteiger charge is 1.98. The van der Waals surface area contributed by atoms with Crippen LogP contribution >= 0.6 is 0 Å². The average Bonchev–Trinajstić information content (AvgIpc) is 2.50. The molecule has 2 aromatic carbocycles. The van der Waals surface area contributed by atoms with Gasteiger partial charge in [-0.2, -0.15) is 0 Å². The van der Waals surface area contributed by atoms with E-state index in [9.17, 15) is 0 Å². The quantitative estimate of drug-likeness (QED) is 0.557. The molecule has 1 nitrogen and oxygen atoms in total. The van der Waals surface area contributed by atoms with Crippen LogP contribution < -0.4 is 0 Å². The van der Waals surface area contributed by atoms with Crippen molar-refractivity contribution >= 4 is 5.76 Å². The average molecular weight is 264 g/mol. The Labute approximate surface area is 121 Å². The Morgan fingerprint density at radius 3 is 2.35 bits per heavy atom. The first-order valence-electron chi connectivity index (χ1n) is 6.81. The first-order valence-corrected chi connectivity index (χ1v) is 6.81. The molecule has 0 fully saturated rings. The summed E-state index contributed by atoms with van der Waals surface area (Å²) in [4.78, 5) is 0. The fourth-order valence-electron chi connectivity index (χ4n) is 1.97. The van der Waals surface area contributed by atoms with Crippen molar-refractivity contribution in [2.45, 2.75) is 13.3 Å². The van der Waals surface area contributed by atoms with Gasteiger partial charge < -0.3 is 4.74 Å². The highest BCUT2D eigenvalue weighted by Crippen LogP contribution is 2.15. The third-order valence-corrected chi connectivity index (χ3v) is 3.14. The van der Waals surface area contributed by atoms with Gasteiger partial charge in [0.05, 0.1) is 7.11 Å². The number of aryl methyl sites for hydroxylation is 1. The molecule has 2 rings (SSSR count). The molecule has 0 unspecified atom stereocenters. The van der Waals surface area contributed by atoms with Crippen molar-refractivity contribution < 1.29 is 4.74 Å². The van der Waals surface area contributed by atoms with Crippen LogP contribution in [0.5, 0.6) is 0 Å². The molecule has 0 aliphatic rings. The first-order chi connectivity index (χ1) is 9.79. The Hall–Kier alpha value is -2.28. The topological polar surface area (TPSA) is 9.23 Å². The summed E-state index contributed by atoms with van der Waals surface area (Å²) in [5.74, 6) is 0.884. The van der Waals surface area contributed by atoms with Gasteiger partial charge in [0.1, 0.15) is 5.76 Å². The summed E-state index contributed by atoms with van der Waals surface area (Å²) in [5.41, 5.74) is 3.66. The molecule has 0 saturated carbocycles. The Kier molecular flexibility index (Phi) is 5.19. The van der Waals surface area contributed by atoms with Crippen LogP contribution in [0.2, 0.25) is 0 Å². The van der Waals surface area contributed by atoms with E-state index in [2.05, 4.69) is 61.5 Å². The van der Waals surface area contributed by atoms with Crippen molar-refractivity contribution in [3.05, 3.63) is 89.5 Å². The van der Waals surface area contributed by atoms with E-state index in [0.29, 0.717) is 0 Å². The van der Waals surface area contributed by atoms with Crippen molar-refractivity contribution in [3.8, 4) is 0 Å². The van der Waals surface area contributed by atoms with Crippen LogP contribution in [0.3, 0.4) is 0 Å². The summed E-state index contributed by atoms with van der Waals surface area (Å²) in [5, 5.41) is 0. The molecule has 0 atom stereocenters. The molecule has 0 bridgehead atoms. The van der Waals surface area contributed by atoms with E-state index >= 15 is 0 Å². The minimum Gasteiger partial charge on any atom is -0.496 e. The number of benzene rings is 2. The maximum Gasteiger partial charge on any atom is 0.126 e. The molecular weight excluding hydrogens is 244 g/mol. The summed E-state index contributed by atoms with van der Waals surface area (Å²) < 4.78 is 5.44. The summed E-state index contributed by atoms with van der Waals surface area (Å²) in [6.07, 6.45) is 7.13. The van der Waals surface area contributed by atoms with Crippen LogP contribution in [-0.2, 0) is 11.2 Å². The number of hydrogen-bond acceptors (Lipinski definition) is 1. The largest absolute Gasteiger partial charge is 0.496 e.